The number of hydrogen-bond donors (Lipinski definition) is 2. The number of nitrogens with zero attached hydrogens (tertiary/aromatic N) is 1. The molecule has 0 spiro atoms. The molecule has 2 N–H and O–H groups in total. The maximum Gasteiger partial charge on any atom is 0.251 e. The molecule has 0 saturated carbocycles. The molecule has 0 unspecified atom stereocenters. The fourth-order valence-corrected chi connectivity index (χ4v) is 2.44. The zero-order valence-corrected chi connectivity index (χ0v) is 12.6. The largest absolute Gasteiger partial charge is 0.383 e. The average molecular weight is 297 g/mol. The van der Waals surface area contributed by atoms with Crippen molar-refractivity contribution < 1.29 is 14.2 Å². The Labute approximate surface area is 124 Å². The number of aromatic amines is 1. The zero-order chi connectivity index (χ0) is 15.1. The van der Waals surface area contributed by atoms with Crippen LogP contribution in [0.2, 0.25) is 0 Å². The van der Waals surface area contributed by atoms with Gasteiger partial charge >= 0.3 is 0 Å². The van der Waals surface area contributed by atoms with Gasteiger partial charge in [0, 0.05) is 59.4 Å². The molecule has 1 aromatic heterocycles. The van der Waals surface area contributed by atoms with Crippen LogP contribution in [0.15, 0.2) is 10.9 Å². The van der Waals surface area contributed by atoms with E-state index in [1.54, 1.807) is 14.2 Å². The molecule has 2 heterocycles. The summed E-state index contributed by atoms with van der Waals surface area (Å²) in [5.74, 6) is 0.587. The standard InChI is InChI=1S/C14H23N3O4/c1-19-8-5-15-10-11-9-12(18)17-13(16-11)14(20-2)3-6-21-7-4-14/h9,15H,3-8,10H2,1-2H3,(H,16,17,18). The molecule has 1 aliphatic rings. The van der Waals surface area contributed by atoms with E-state index in [1.165, 1.54) is 6.07 Å². The normalized spacial score (nSPS) is 17.8. The van der Waals surface area contributed by atoms with Crippen molar-refractivity contribution in [2.75, 3.05) is 40.6 Å². The van der Waals surface area contributed by atoms with Crippen LogP contribution < -0.4 is 10.9 Å². The fraction of sp³-hybridized carbons (Fsp3) is 0.714. The third kappa shape index (κ3) is 4.10. The molecule has 7 heteroatoms. The first-order valence-corrected chi connectivity index (χ1v) is 7.13. The molecule has 0 atom stereocenters. The number of nitrogens with one attached hydrogen (secondary N) is 2. The van der Waals surface area contributed by atoms with Gasteiger partial charge in [0.05, 0.1) is 12.3 Å². The fourth-order valence-electron chi connectivity index (χ4n) is 2.44. The van der Waals surface area contributed by atoms with Crippen molar-refractivity contribution in [3.05, 3.63) is 27.9 Å². The van der Waals surface area contributed by atoms with E-state index in [-0.39, 0.29) is 5.56 Å². The van der Waals surface area contributed by atoms with Crippen LogP contribution in [0, 0.1) is 0 Å². The van der Waals surface area contributed by atoms with Crippen LogP contribution in [-0.4, -0.2) is 50.6 Å². The monoisotopic (exact) mass is 297 g/mol. The van der Waals surface area contributed by atoms with Crippen molar-refractivity contribution in [1.29, 1.82) is 0 Å². The van der Waals surface area contributed by atoms with Crippen molar-refractivity contribution >= 4 is 0 Å². The van der Waals surface area contributed by atoms with Gasteiger partial charge in [-0.25, -0.2) is 4.98 Å². The predicted octanol–water partition coefficient (Wildman–Crippen LogP) is 0.158. The molecule has 0 bridgehead atoms. The minimum atomic E-state index is -0.556. The Morgan fingerprint density at radius 1 is 1.43 bits per heavy atom. The molecule has 21 heavy (non-hydrogen) atoms. The van der Waals surface area contributed by atoms with E-state index >= 15 is 0 Å². The van der Waals surface area contributed by atoms with Gasteiger partial charge < -0.3 is 24.5 Å². The molecule has 1 fully saturated rings. The topological polar surface area (TPSA) is 85.5 Å². The molecule has 118 valence electrons. The molecular weight excluding hydrogens is 274 g/mol. The second-order valence-electron chi connectivity index (χ2n) is 5.07. The Morgan fingerprint density at radius 3 is 2.86 bits per heavy atom. The van der Waals surface area contributed by atoms with Gasteiger partial charge in [0.1, 0.15) is 11.4 Å². The van der Waals surface area contributed by atoms with Crippen molar-refractivity contribution in [3.63, 3.8) is 0 Å². The molecule has 2 rings (SSSR count). The van der Waals surface area contributed by atoms with Crippen LogP contribution in [0.4, 0.5) is 0 Å². The van der Waals surface area contributed by atoms with Gasteiger partial charge in [0.15, 0.2) is 0 Å². The van der Waals surface area contributed by atoms with E-state index in [9.17, 15) is 4.79 Å². The Balaban J connectivity index is 2.15. The number of methoxy groups -OCH3 is 2. The molecule has 1 saturated heterocycles. The van der Waals surface area contributed by atoms with Crippen molar-refractivity contribution in [3.8, 4) is 0 Å². The minimum Gasteiger partial charge on any atom is -0.383 e. The van der Waals surface area contributed by atoms with Gasteiger partial charge in [0.2, 0.25) is 0 Å². The minimum absolute atomic E-state index is 0.161. The number of ether oxygens (including phenoxy) is 3. The highest BCUT2D eigenvalue weighted by molar-refractivity contribution is 5.10. The maximum atomic E-state index is 11.9. The average Bonchev–Trinajstić information content (AvgIpc) is 2.52. The van der Waals surface area contributed by atoms with Crippen LogP contribution in [0.1, 0.15) is 24.4 Å². The molecular formula is C14H23N3O4. The predicted molar refractivity (Wildman–Crippen MR) is 77.2 cm³/mol. The molecule has 0 radical (unpaired) electrons. The lowest BCUT2D eigenvalue weighted by Gasteiger charge is -2.34. The quantitative estimate of drug-likeness (QED) is 0.697. The number of rotatable bonds is 7. The highest BCUT2D eigenvalue weighted by Crippen LogP contribution is 2.32. The summed E-state index contributed by atoms with van der Waals surface area (Å²) in [6.07, 6.45) is 1.37. The number of H-pyrrole nitrogens is 1. The van der Waals surface area contributed by atoms with E-state index in [0.29, 0.717) is 57.3 Å². The Bertz CT molecular complexity index is 497. The summed E-state index contributed by atoms with van der Waals surface area (Å²) in [6, 6.07) is 1.51. The second kappa shape index (κ2) is 7.65. The van der Waals surface area contributed by atoms with Crippen molar-refractivity contribution in [2.24, 2.45) is 0 Å². The van der Waals surface area contributed by atoms with E-state index in [0.717, 1.165) is 0 Å². The van der Waals surface area contributed by atoms with Crippen LogP contribution in [0.25, 0.3) is 0 Å². The Hall–Kier alpha value is -1.28. The van der Waals surface area contributed by atoms with Crippen LogP contribution in [-0.2, 0) is 26.4 Å². The summed E-state index contributed by atoms with van der Waals surface area (Å²) < 4.78 is 16.0. The van der Waals surface area contributed by atoms with Crippen LogP contribution in [0.3, 0.4) is 0 Å². The molecule has 0 amide bonds. The molecule has 1 aromatic rings. The van der Waals surface area contributed by atoms with E-state index in [4.69, 9.17) is 14.2 Å². The Kier molecular flexibility index (Phi) is 5.86. The molecule has 1 aliphatic heterocycles. The SMILES string of the molecule is COCCNCc1cc(=O)[nH]c(C2(OC)CCOCC2)n1. The summed E-state index contributed by atoms with van der Waals surface area (Å²) in [6.45, 7) is 3.07. The third-order valence-electron chi connectivity index (χ3n) is 3.71. The third-order valence-corrected chi connectivity index (χ3v) is 3.71. The summed E-state index contributed by atoms with van der Waals surface area (Å²) in [5, 5.41) is 3.18. The second-order valence-corrected chi connectivity index (χ2v) is 5.07. The lowest BCUT2D eigenvalue weighted by molar-refractivity contribution is -0.100. The first kappa shape index (κ1) is 16.1. The van der Waals surface area contributed by atoms with Crippen LogP contribution in [0.5, 0.6) is 0 Å². The first-order chi connectivity index (χ1) is 10.2. The van der Waals surface area contributed by atoms with Gasteiger partial charge in [-0.3, -0.25) is 4.79 Å². The smallest absolute Gasteiger partial charge is 0.251 e. The van der Waals surface area contributed by atoms with E-state index in [1.807, 2.05) is 0 Å². The van der Waals surface area contributed by atoms with Gasteiger partial charge in [0.25, 0.3) is 5.56 Å². The zero-order valence-electron chi connectivity index (χ0n) is 12.6. The number of hydrogen-bond acceptors (Lipinski definition) is 6. The van der Waals surface area contributed by atoms with Crippen molar-refractivity contribution in [2.45, 2.75) is 25.0 Å². The van der Waals surface area contributed by atoms with Gasteiger partial charge in [-0.1, -0.05) is 0 Å². The maximum absolute atomic E-state index is 11.9. The van der Waals surface area contributed by atoms with Crippen LogP contribution >= 0.6 is 0 Å². The summed E-state index contributed by atoms with van der Waals surface area (Å²) >= 11 is 0. The lowest BCUT2D eigenvalue weighted by atomic mass is 9.93. The van der Waals surface area contributed by atoms with E-state index in [2.05, 4.69) is 15.3 Å². The molecule has 7 nitrogen and oxygen atoms in total. The first-order valence-electron chi connectivity index (χ1n) is 7.13. The highest BCUT2D eigenvalue weighted by Gasteiger charge is 2.37. The highest BCUT2D eigenvalue weighted by atomic mass is 16.5. The summed E-state index contributed by atoms with van der Waals surface area (Å²) in [4.78, 5) is 19.2. The van der Waals surface area contributed by atoms with Gasteiger partial charge in [-0.2, -0.15) is 0 Å². The lowest BCUT2D eigenvalue weighted by Crippen LogP contribution is -2.39. The van der Waals surface area contributed by atoms with Gasteiger partial charge in [-0.15, -0.1) is 0 Å². The summed E-state index contributed by atoms with van der Waals surface area (Å²) in [5.41, 5.74) is -0.0147. The molecule has 0 aromatic carbocycles. The molecule has 0 aliphatic carbocycles. The van der Waals surface area contributed by atoms with Crippen molar-refractivity contribution in [1.82, 2.24) is 15.3 Å². The van der Waals surface area contributed by atoms with Gasteiger partial charge in [-0.05, 0) is 0 Å². The summed E-state index contributed by atoms with van der Waals surface area (Å²) in [7, 11) is 3.30. The number of aromatic nitrogens is 2. The van der Waals surface area contributed by atoms with E-state index < -0.39 is 5.60 Å². The Morgan fingerprint density at radius 2 is 2.19 bits per heavy atom.